The largest absolute Gasteiger partial charge is 0.416 e. The van der Waals surface area contributed by atoms with Crippen molar-refractivity contribution in [1.82, 2.24) is 5.32 Å². The van der Waals surface area contributed by atoms with Crippen LogP contribution >= 0.6 is 0 Å². The third kappa shape index (κ3) is 4.27. The van der Waals surface area contributed by atoms with Gasteiger partial charge in [0.2, 0.25) is 5.91 Å². The van der Waals surface area contributed by atoms with Gasteiger partial charge in [-0.05, 0) is 43.9 Å². The Morgan fingerprint density at radius 3 is 2.04 bits per heavy atom. The average Bonchev–Trinajstić information content (AvgIpc) is 2.97. The van der Waals surface area contributed by atoms with Crippen LogP contribution in [0.2, 0.25) is 0 Å². The summed E-state index contributed by atoms with van der Waals surface area (Å²) >= 11 is 0. The summed E-state index contributed by atoms with van der Waals surface area (Å²) in [7, 11) is 0. The molecule has 0 heterocycles. The molecule has 1 saturated carbocycles. The smallest absolute Gasteiger partial charge is 0.353 e. The molecule has 2 nitrogen and oxygen atoms in total. The van der Waals surface area contributed by atoms with Gasteiger partial charge in [0.25, 0.3) is 0 Å². The van der Waals surface area contributed by atoms with E-state index in [1.165, 1.54) is 19.1 Å². The summed E-state index contributed by atoms with van der Waals surface area (Å²) in [5.41, 5.74) is -2.63. The molecule has 1 unspecified atom stereocenters. The highest BCUT2D eigenvalue weighted by Gasteiger charge is 2.61. The molecule has 0 aromatic heterocycles. The molecule has 1 aromatic rings. The second-order valence-corrected chi connectivity index (χ2v) is 6.56. The van der Waals surface area contributed by atoms with E-state index in [-0.39, 0.29) is 19.3 Å². The summed E-state index contributed by atoms with van der Waals surface area (Å²) in [4.78, 5) is 12.2. The molecule has 25 heavy (non-hydrogen) atoms. The van der Waals surface area contributed by atoms with Crippen molar-refractivity contribution in [2.75, 3.05) is 0 Å². The number of rotatable bonds is 4. The Kier molecular flexibility index (Phi) is 5.39. The zero-order valence-electron chi connectivity index (χ0n) is 13.6. The van der Waals surface area contributed by atoms with Gasteiger partial charge in [-0.2, -0.15) is 26.3 Å². The lowest BCUT2D eigenvalue weighted by atomic mass is 9.84. The van der Waals surface area contributed by atoms with Crippen LogP contribution in [0.25, 0.3) is 0 Å². The van der Waals surface area contributed by atoms with Crippen molar-refractivity contribution in [3.8, 4) is 0 Å². The average molecular weight is 367 g/mol. The molecule has 8 heteroatoms. The molecular weight excluding hydrogens is 348 g/mol. The fourth-order valence-electron chi connectivity index (χ4n) is 3.21. The molecule has 1 fully saturated rings. The van der Waals surface area contributed by atoms with Crippen LogP contribution in [0.15, 0.2) is 24.3 Å². The Hall–Kier alpha value is -1.73. The van der Waals surface area contributed by atoms with Crippen LogP contribution in [0.1, 0.15) is 43.7 Å². The van der Waals surface area contributed by atoms with Gasteiger partial charge in [-0.25, -0.2) is 0 Å². The Balaban J connectivity index is 2.02. The molecule has 1 N–H and O–H groups in total. The van der Waals surface area contributed by atoms with Crippen molar-refractivity contribution in [2.24, 2.45) is 5.41 Å². The number of benzene rings is 1. The molecule has 0 bridgehead atoms. The van der Waals surface area contributed by atoms with Crippen LogP contribution in [0.5, 0.6) is 0 Å². The second-order valence-electron chi connectivity index (χ2n) is 6.56. The zero-order valence-corrected chi connectivity index (χ0v) is 13.6. The second kappa shape index (κ2) is 6.88. The van der Waals surface area contributed by atoms with E-state index in [9.17, 15) is 31.1 Å². The van der Waals surface area contributed by atoms with Crippen molar-refractivity contribution < 1.29 is 31.1 Å². The summed E-state index contributed by atoms with van der Waals surface area (Å²) < 4.78 is 77.5. The van der Waals surface area contributed by atoms with Gasteiger partial charge in [0, 0.05) is 6.04 Å². The maximum absolute atomic E-state index is 13.3. The molecule has 2 rings (SSSR count). The molecule has 1 aliphatic rings. The van der Waals surface area contributed by atoms with Crippen LogP contribution in [0.3, 0.4) is 0 Å². The molecular formula is C17H19F6NO. The van der Waals surface area contributed by atoms with Crippen LogP contribution in [0.4, 0.5) is 26.3 Å². The van der Waals surface area contributed by atoms with E-state index in [2.05, 4.69) is 5.32 Å². The summed E-state index contributed by atoms with van der Waals surface area (Å²) in [6.45, 7) is 1.54. The van der Waals surface area contributed by atoms with Gasteiger partial charge < -0.3 is 5.32 Å². The Morgan fingerprint density at radius 1 is 1.08 bits per heavy atom. The normalized spacial score (nSPS) is 18.8. The number of carbonyl (C=O) groups is 1. The molecule has 1 amide bonds. The lowest BCUT2D eigenvalue weighted by molar-refractivity contribution is -0.220. The SMILES string of the molecule is CC(Cc1ccc(C(F)(F)F)cc1)NC(=O)C1(C(F)(F)F)CCCC1. The van der Waals surface area contributed by atoms with Gasteiger partial charge in [-0.3, -0.25) is 4.79 Å². The van der Waals surface area contributed by atoms with Crippen molar-refractivity contribution >= 4 is 5.91 Å². The van der Waals surface area contributed by atoms with E-state index in [1.54, 1.807) is 0 Å². The Bertz CT molecular complexity index is 599. The first kappa shape index (κ1) is 19.6. The molecule has 1 aromatic carbocycles. The number of nitrogens with one attached hydrogen (secondary N) is 1. The van der Waals surface area contributed by atoms with E-state index in [1.807, 2.05) is 0 Å². The molecule has 0 saturated heterocycles. The van der Waals surface area contributed by atoms with Gasteiger partial charge in [-0.1, -0.05) is 25.0 Å². The third-order valence-electron chi connectivity index (χ3n) is 4.64. The highest BCUT2D eigenvalue weighted by molar-refractivity contribution is 5.84. The van der Waals surface area contributed by atoms with Crippen molar-refractivity contribution in [1.29, 1.82) is 0 Å². The number of hydrogen-bond acceptors (Lipinski definition) is 1. The monoisotopic (exact) mass is 367 g/mol. The van der Waals surface area contributed by atoms with Gasteiger partial charge in [-0.15, -0.1) is 0 Å². The predicted octanol–water partition coefficient (Wildman–Crippen LogP) is 4.88. The number of amides is 1. The molecule has 1 aliphatic carbocycles. The van der Waals surface area contributed by atoms with E-state index < -0.39 is 35.3 Å². The third-order valence-corrected chi connectivity index (χ3v) is 4.64. The topological polar surface area (TPSA) is 29.1 Å². The first-order valence-corrected chi connectivity index (χ1v) is 7.99. The summed E-state index contributed by atoms with van der Waals surface area (Å²) in [6.07, 6.45) is -8.66. The minimum atomic E-state index is -4.61. The molecule has 140 valence electrons. The van der Waals surface area contributed by atoms with Gasteiger partial charge in [0.05, 0.1) is 5.56 Å². The van der Waals surface area contributed by atoms with Crippen LogP contribution < -0.4 is 5.32 Å². The highest BCUT2D eigenvalue weighted by Crippen LogP contribution is 2.50. The molecule has 1 atom stereocenters. The van der Waals surface area contributed by atoms with Crippen molar-refractivity contribution in [3.05, 3.63) is 35.4 Å². The number of alkyl halides is 6. The maximum Gasteiger partial charge on any atom is 0.416 e. The Labute approximate surface area is 141 Å². The van der Waals surface area contributed by atoms with Gasteiger partial charge in [0.15, 0.2) is 0 Å². The van der Waals surface area contributed by atoms with Crippen molar-refractivity contribution in [2.45, 2.75) is 57.4 Å². The summed E-state index contributed by atoms with van der Waals surface area (Å²) in [6, 6.07) is 3.74. The summed E-state index contributed by atoms with van der Waals surface area (Å²) in [5, 5.41) is 2.38. The van der Waals surface area contributed by atoms with E-state index >= 15 is 0 Å². The zero-order chi connectivity index (χ0) is 18.9. The van der Waals surface area contributed by atoms with Crippen LogP contribution in [-0.2, 0) is 17.4 Å². The number of halogens is 6. The van der Waals surface area contributed by atoms with Crippen LogP contribution in [-0.4, -0.2) is 18.1 Å². The fourth-order valence-corrected chi connectivity index (χ4v) is 3.21. The highest BCUT2D eigenvalue weighted by atomic mass is 19.4. The maximum atomic E-state index is 13.3. The van der Waals surface area contributed by atoms with E-state index in [0.717, 1.165) is 12.1 Å². The Morgan fingerprint density at radius 2 is 1.60 bits per heavy atom. The number of carbonyl (C=O) groups excluding carboxylic acids is 1. The minimum absolute atomic E-state index is 0.151. The van der Waals surface area contributed by atoms with Crippen molar-refractivity contribution in [3.63, 3.8) is 0 Å². The number of hydrogen-bond donors (Lipinski definition) is 1. The van der Waals surface area contributed by atoms with E-state index in [4.69, 9.17) is 0 Å². The van der Waals surface area contributed by atoms with Gasteiger partial charge in [0.1, 0.15) is 5.41 Å². The molecule has 0 radical (unpaired) electrons. The quantitative estimate of drug-likeness (QED) is 0.756. The van der Waals surface area contributed by atoms with Gasteiger partial charge >= 0.3 is 12.4 Å². The minimum Gasteiger partial charge on any atom is -0.353 e. The summed E-state index contributed by atoms with van der Waals surface area (Å²) in [5.74, 6) is -1.04. The van der Waals surface area contributed by atoms with E-state index in [0.29, 0.717) is 18.4 Å². The molecule has 0 aliphatic heterocycles. The first-order chi connectivity index (χ1) is 11.5. The fraction of sp³-hybridized carbons (Fsp3) is 0.588. The predicted molar refractivity (Wildman–Crippen MR) is 79.7 cm³/mol. The lowest BCUT2D eigenvalue weighted by Gasteiger charge is -2.31. The standard InChI is InChI=1S/C17H19F6NO/c1-11(10-12-4-6-13(7-5-12)16(18,19)20)24-14(25)15(17(21,22)23)8-2-3-9-15/h4-7,11H,2-3,8-10H2,1H3,(H,24,25). The van der Waals surface area contributed by atoms with Crippen LogP contribution in [0, 0.1) is 5.41 Å². The lowest BCUT2D eigenvalue weighted by Crippen LogP contribution is -2.51. The molecule has 0 spiro atoms. The first-order valence-electron chi connectivity index (χ1n) is 7.99.